The van der Waals surface area contributed by atoms with Gasteiger partial charge in [0.15, 0.2) is 0 Å². The molecule has 2 saturated carbocycles. The SMILES string of the molecule is CC[C@H](CC1CC1)NC(=O)[C@@H]1CCCN(C(=O)C2CC2)C1. The van der Waals surface area contributed by atoms with E-state index < -0.39 is 0 Å². The summed E-state index contributed by atoms with van der Waals surface area (Å²) in [6.07, 6.45) is 8.81. The molecule has 4 nitrogen and oxygen atoms in total. The lowest BCUT2D eigenvalue weighted by atomic mass is 9.95. The highest BCUT2D eigenvalue weighted by atomic mass is 16.2. The van der Waals surface area contributed by atoms with Crippen LogP contribution in [-0.2, 0) is 9.59 Å². The van der Waals surface area contributed by atoms with E-state index in [2.05, 4.69) is 12.2 Å². The first-order valence-electron chi connectivity index (χ1n) is 8.76. The van der Waals surface area contributed by atoms with Crippen LogP contribution in [0.1, 0.15) is 58.3 Å². The van der Waals surface area contributed by atoms with Gasteiger partial charge in [0.2, 0.25) is 11.8 Å². The maximum Gasteiger partial charge on any atom is 0.225 e. The molecule has 1 N–H and O–H groups in total. The number of amides is 2. The number of rotatable bonds is 6. The Morgan fingerprint density at radius 3 is 2.52 bits per heavy atom. The summed E-state index contributed by atoms with van der Waals surface area (Å²) in [5, 5.41) is 3.24. The summed E-state index contributed by atoms with van der Waals surface area (Å²) < 4.78 is 0. The molecule has 4 heteroatoms. The number of nitrogens with zero attached hydrogens (tertiary/aromatic N) is 1. The standard InChI is InChI=1S/C17H28N2O2/c1-2-15(10-12-5-6-12)18-16(20)14-4-3-9-19(11-14)17(21)13-7-8-13/h12-15H,2-11H2,1H3,(H,18,20)/t14-,15-/m1/s1. The molecule has 3 fully saturated rings. The van der Waals surface area contributed by atoms with Gasteiger partial charge in [0.05, 0.1) is 5.92 Å². The highest BCUT2D eigenvalue weighted by molar-refractivity contribution is 5.83. The van der Waals surface area contributed by atoms with Crippen LogP contribution in [0.3, 0.4) is 0 Å². The summed E-state index contributed by atoms with van der Waals surface area (Å²) in [5.41, 5.74) is 0. The maximum atomic E-state index is 12.5. The Kier molecular flexibility index (Phi) is 4.51. The van der Waals surface area contributed by atoms with Crippen molar-refractivity contribution < 1.29 is 9.59 Å². The lowest BCUT2D eigenvalue weighted by Gasteiger charge is -2.33. The van der Waals surface area contributed by atoms with Gasteiger partial charge < -0.3 is 10.2 Å². The normalized spacial score (nSPS) is 27.3. The van der Waals surface area contributed by atoms with Crippen LogP contribution in [-0.4, -0.2) is 35.8 Å². The van der Waals surface area contributed by atoms with Crippen LogP contribution in [0.5, 0.6) is 0 Å². The van der Waals surface area contributed by atoms with Crippen molar-refractivity contribution in [1.82, 2.24) is 10.2 Å². The molecular weight excluding hydrogens is 264 g/mol. The lowest BCUT2D eigenvalue weighted by Crippen LogP contribution is -2.48. The molecular formula is C17H28N2O2. The van der Waals surface area contributed by atoms with Crippen molar-refractivity contribution in [3.63, 3.8) is 0 Å². The summed E-state index contributed by atoms with van der Waals surface area (Å²) in [4.78, 5) is 26.6. The number of piperidine rings is 1. The minimum atomic E-state index is 0.00898. The first kappa shape index (κ1) is 14.9. The fourth-order valence-electron chi connectivity index (χ4n) is 3.38. The van der Waals surface area contributed by atoms with Crippen LogP contribution in [0, 0.1) is 17.8 Å². The third-order valence-electron chi connectivity index (χ3n) is 5.18. The average molecular weight is 292 g/mol. The van der Waals surface area contributed by atoms with Crippen molar-refractivity contribution in [2.45, 2.75) is 64.3 Å². The molecule has 1 aliphatic heterocycles. The third kappa shape index (κ3) is 3.98. The molecule has 0 aromatic heterocycles. The minimum absolute atomic E-state index is 0.00898. The Hall–Kier alpha value is -1.06. The van der Waals surface area contributed by atoms with Gasteiger partial charge in [-0.2, -0.15) is 0 Å². The van der Waals surface area contributed by atoms with Gasteiger partial charge in [0.25, 0.3) is 0 Å². The van der Waals surface area contributed by atoms with Crippen LogP contribution >= 0.6 is 0 Å². The molecule has 0 unspecified atom stereocenters. The quantitative estimate of drug-likeness (QED) is 0.817. The van der Waals surface area contributed by atoms with Crippen LogP contribution in [0.2, 0.25) is 0 Å². The molecule has 0 bridgehead atoms. The van der Waals surface area contributed by atoms with E-state index in [1.807, 2.05) is 4.90 Å². The second-order valence-corrected chi connectivity index (χ2v) is 7.19. The van der Waals surface area contributed by atoms with E-state index in [4.69, 9.17) is 0 Å². The predicted octanol–water partition coefficient (Wildman–Crippen LogP) is 2.33. The first-order valence-corrected chi connectivity index (χ1v) is 8.76. The third-order valence-corrected chi connectivity index (χ3v) is 5.18. The van der Waals surface area contributed by atoms with Crippen molar-refractivity contribution in [3.8, 4) is 0 Å². The summed E-state index contributed by atoms with van der Waals surface area (Å²) >= 11 is 0. The molecule has 3 aliphatic rings. The second kappa shape index (κ2) is 6.37. The van der Waals surface area contributed by atoms with Crippen LogP contribution in [0.25, 0.3) is 0 Å². The van der Waals surface area contributed by atoms with E-state index in [-0.39, 0.29) is 23.7 Å². The number of hydrogen-bond donors (Lipinski definition) is 1. The van der Waals surface area contributed by atoms with E-state index in [1.165, 1.54) is 12.8 Å². The summed E-state index contributed by atoms with van der Waals surface area (Å²) in [6.45, 7) is 3.64. The van der Waals surface area contributed by atoms with E-state index in [0.717, 1.165) is 51.0 Å². The summed E-state index contributed by atoms with van der Waals surface area (Å²) in [5.74, 6) is 1.59. The van der Waals surface area contributed by atoms with Crippen molar-refractivity contribution in [2.24, 2.45) is 17.8 Å². The van der Waals surface area contributed by atoms with Gasteiger partial charge in [-0.1, -0.05) is 19.8 Å². The first-order chi connectivity index (χ1) is 10.2. The molecule has 1 saturated heterocycles. The fourth-order valence-corrected chi connectivity index (χ4v) is 3.38. The zero-order valence-electron chi connectivity index (χ0n) is 13.1. The van der Waals surface area contributed by atoms with Crippen molar-refractivity contribution in [3.05, 3.63) is 0 Å². The predicted molar refractivity (Wildman–Crippen MR) is 81.6 cm³/mol. The van der Waals surface area contributed by atoms with Crippen molar-refractivity contribution in [2.75, 3.05) is 13.1 Å². The highest BCUT2D eigenvalue weighted by Crippen LogP contribution is 2.34. The maximum absolute atomic E-state index is 12.5. The van der Waals surface area contributed by atoms with Gasteiger partial charge in [0, 0.05) is 25.0 Å². The van der Waals surface area contributed by atoms with E-state index in [0.29, 0.717) is 12.6 Å². The van der Waals surface area contributed by atoms with Crippen LogP contribution in [0.4, 0.5) is 0 Å². The summed E-state index contributed by atoms with van der Waals surface area (Å²) in [6, 6.07) is 0.333. The topological polar surface area (TPSA) is 49.4 Å². The van der Waals surface area contributed by atoms with Crippen molar-refractivity contribution >= 4 is 11.8 Å². The number of carbonyl (C=O) groups is 2. The average Bonchev–Trinajstić information content (AvgIpc) is 3.38. The zero-order valence-corrected chi connectivity index (χ0v) is 13.1. The molecule has 2 amide bonds. The number of nitrogens with one attached hydrogen (secondary N) is 1. The lowest BCUT2D eigenvalue weighted by molar-refractivity contribution is -0.137. The molecule has 118 valence electrons. The largest absolute Gasteiger partial charge is 0.353 e. The molecule has 0 spiro atoms. The Labute approximate surface area is 127 Å². The van der Waals surface area contributed by atoms with E-state index in [1.54, 1.807) is 0 Å². The Balaban J connectivity index is 1.49. The molecule has 1 heterocycles. The van der Waals surface area contributed by atoms with Gasteiger partial charge in [0.1, 0.15) is 0 Å². The minimum Gasteiger partial charge on any atom is -0.353 e. The Morgan fingerprint density at radius 1 is 1.14 bits per heavy atom. The highest BCUT2D eigenvalue weighted by Gasteiger charge is 2.37. The molecule has 0 aromatic carbocycles. The van der Waals surface area contributed by atoms with E-state index >= 15 is 0 Å². The molecule has 0 radical (unpaired) electrons. The molecule has 0 aromatic rings. The Morgan fingerprint density at radius 2 is 1.90 bits per heavy atom. The number of likely N-dealkylation sites (tertiary alicyclic amines) is 1. The molecule has 2 atom stereocenters. The second-order valence-electron chi connectivity index (χ2n) is 7.19. The van der Waals surface area contributed by atoms with Gasteiger partial charge in [-0.15, -0.1) is 0 Å². The Bertz CT molecular complexity index is 402. The van der Waals surface area contributed by atoms with Gasteiger partial charge in [-0.05, 0) is 44.4 Å². The molecule has 2 aliphatic carbocycles. The van der Waals surface area contributed by atoms with E-state index in [9.17, 15) is 9.59 Å². The van der Waals surface area contributed by atoms with Gasteiger partial charge in [-0.25, -0.2) is 0 Å². The molecule has 3 rings (SSSR count). The number of carbonyl (C=O) groups excluding carboxylic acids is 2. The fraction of sp³-hybridized carbons (Fsp3) is 0.882. The zero-order chi connectivity index (χ0) is 14.8. The summed E-state index contributed by atoms with van der Waals surface area (Å²) in [7, 11) is 0. The van der Waals surface area contributed by atoms with Crippen LogP contribution in [0.15, 0.2) is 0 Å². The smallest absolute Gasteiger partial charge is 0.225 e. The van der Waals surface area contributed by atoms with Crippen molar-refractivity contribution in [1.29, 1.82) is 0 Å². The number of hydrogen-bond acceptors (Lipinski definition) is 2. The van der Waals surface area contributed by atoms with Gasteiger partial charge >= 0.3 is 0 Å². The monoisotopic (exact) mass is 292 g/mol. The van der Waals surface area contributed by atoms with Crippen LogP contribution < -0.4 is 5.32 Å². The van der Waals surface area contributed by atoms with Gasteiger partial charge in [-0.3, -0.25) is 9.59 Å². The molecule has 21 heavy (non-hydrogen) atoms.